The van der Waals surface area contributed by atoms with Crippen molar-refractivity contribution in [3.63, 3.8) is 0 Å². The molecule has 0 saturated heterocycles. The van der Waals surface area contributed by atoms with Crippen LogP contribution in [0.4, 0.5) is 18.9 Å². The number of amides is 1. The van der Waals surface area contributed by atoms with Crippen molar-refractivity contribution in [1.82, 2.24) is 20.1 Å². The molecule has 0 fully saturated rings. The molecule has 32 heavy (non-hydrogen) atoms. The summed E-state index contributed by atoms with van der Waals surface area (Å²) in [6.45, 7) is 3.40. The molecule has 6 nitrogen and oxygen atoms in total. The van der Waals surface area contributed by atoms with Crippen molar-refractivity contribution in [2.45, 2.75) is 32.6 Å². The molecule has 12 heteroatoms. The highest BCUT2D eigenvalue weighted by Gasteiger charge is 2.35. The van der Waals surface area contributed by atoms with Crippen LogP contribution in [0.1, 0.15) is 35.6 Å². The Balaban J connectivity index is 2.01. The summed E-state index contributed by atoms with van der Waals surface area (Å²) in [5.41, 5.74) is -0.660. The molecular weight excluding hydrogens is 490 g/mol. The molecule has 0 aliphatic heterocycles. The smallest absolute Gasteiger partial charge is 0.378 e. The largest absolute Gasteiger partial charge is 0.435 e. The second kappa shape index (κ2) is 9.56. The number of rotatable bonds is 6. The van der Waals surface area contributed by atoms with Crippen LogP contribution in [0.15, 0.2) is 36.5 Å². The Bertz CT molecular complexity index is 1150. The monoisotopic (exact) mass is 505 g/mol. The van der Waals surface area contributed by atoms with E-state index >= 15 is 0 Å². The third kappa shape index (κ3) is 5.46. The molecule has 2 N–H and O–H groups in total. The zero-order valence-electron chi connectivity index (χ0n) is 16.8. The van der Waals surface area contributed by atoms with Crippen molar-refractivity contribution < 1.29 is 18.0 Å². The number of alkyl halides is 3. The maximum atomic E-state index is 13.3. The predicted molar refractivity (Wildman–Crippen MR) is 118 cm³/mol. The average molecular weight is 507 g/mol. The molecule has 3 aromatic rings. The third-order valence-electron chi connectivity index (χ3n) is 4.18. The molecule has 0 spiro atoms. The number of aromatic nitrogens is 3. The highest BCUT2D eigenvalue weighted by molar-refractivity contribution is 6.37. The topological polar surface area (TPSA) is 71.8 Å². The fourth-order valence-electron chi connectivity index (χ4n) is 2.85. The highest BCUT2D eigenvalue weighted by atomic mass is 35.5. The molecule has 170 valence electrons. The van der Waals surface area contributed by atoms with Gasteiger partial charge in [0.05, 0.1) is 33.5 Å². The molecule has 1 amide bonds. The predicted octanol–water partition coefficient (Wildman–Crippen LogP) is 6.00. The van der Waals surface area contributed by atoms with Gasteiger partial charge in [-0.2, -0.15) is 18.3 Å². The van der Waals surface area contributed by atoms with Gasteiger partial charge in [0.15, 0.2) is 11.5 Å². The van der Waals surface area contributed by atoms with E-state index in [0.29, 0.717) is 0 Å². The first-order chi connectivity index (χ1) is 15.0. The minimum Gasteiger partial charge on any atom is -0.378 e. The van der Waals surface area contributed by atoms with Gasteiger partial charge in [-0.3, -0.25) is 4.79 Å². The van der Waals surface area contributed by atoms with Gasteiger partial charge in [0.1, 0.15) is 0 Å². The Kier molecular flexibility index (Phi) is 7.22. The summed E-state index contributed by atoms with van der Waals surface area (Å²) in [5, 5.41) is 9.77. The van der Waals surface area contributed by atoms with Crippen LogP contribution in [-0.4, -0.2) is 26.7 Å². The Morgan fingerprint density at radius 2 is 1.88 bits per heavy atom. The maximum absolute atomic E-state index is 13.3. The van der Waals surface area contributed by atoms with Crippen LogP contribution in [0, 0.1) is 0 Å². The van der Waals surface area contributed by atoms with E-state index in [-0.39, 0.29) is 50.4 Å². The van der Waals surface area contributed by atoms with E-state index in [1.807, 2.05) is 0 Å². The van der Waals surface area contributed by atoms with Crippen LogP contribution in [0.2, 0.25) is 15.1 Å². The first kappa shape index (κ1) is 24.2. The van der Waals surface area contributed by atoms with Gasteiger partial charge in [0.2, 0.25) is 0 Å². The van der Waals surface area contributed by atoms with Crippen LogP contribution in [0.5, 0.6) is 0 Å². The lowest BCUT2D eigenvalue weighted by Gasteiger charge is -2.16. The Labute approximate surface area is 196 Å². The van der Waals surface area contributed by atoms with Crippen LogP contribution >= 0.6 is 34.8 Å². The number of benzene rings is 1. The summed E-state index contributed by atoms with van der Waals surface area (Å²) < 4.78 is 41.0. The van der Waals surface area contributed by atoms with Crippen LogP contribution in [0.3, 0.4) is 0 Å². The molecule has 0 saturated carbocycles. The van der Waals surface area contributed by atoms with Crippen LogP contribution < -0.4 is 10.6 Å². The summed E-state index contributed by atoms with van der Waals surface area (Å²) in [7, 11) is 0. The van der Waals surface area contributed by atoms with E-state index in [1.165, 1.54) is 24.4 Å². The summed E-state index contributed by atoms with van der Waals surface area (Å²) in [6, 6.07) is 6.59. The van der Waals surface area contributed by atoms with E-state index in [0.717, 1.165) is 10.7 Å². The van der Waals surface area contributed by atoms with Crippen molar-refractivity contribution in [1.29, 1.82) is 0 Å². The van der Waals surface area contributed by atoms with Gasteiger partial charge < -0.3 is 10.6 Å². The number of carbonyl (C=O) groups is 1. The fraction of sp³-hybridized carbons (Fsp3) is 0.250. The summed E-state index contributed by atoms with van der Waals surface area (Å²) in [6.07, 6.45) is -3.29. The molecule has 0 aliphatic carbocycles. The number of hydrogen-bond donors (Lipinski definition) is 2. The molecule has 1 aromatic carbocycles. The first-order valence-electron chi connectivity index (χ1n) is 9.28. The second-order valence-electron chi connectivity index (χ2n) is 7.03. The molecule has 0 aliphatic rings. The molecular formula is C20H17Cl3F3N5O. The van der Waals surface area contributed by atoms with Gasteiger partial charge in [0.25, 0.3) is 5.91 Å². The second-order valence-corrected chi connectivity index (χ2v) is 8.28. The molecule has 2 heterocycles. The highest BCUT2D eigenvalue weighted by Crippen LogP contribution is 2.33. The van der Waals surface area contributed by atoms with Gasteiger partial charge >= 0.3 is 6.18 Å². The van der Waals surface area contributed by atoms with E-state index in [9.17, 15) is 18.0 Å². The van der Waals surface area contributed by atoms with Gasteiger partial charge in [-0.15, -0.1) is 0 Å². The van der Waals surface area contributed by atoms with E-state index in [4.69, 9.17) is 34.8 Å². The number of anilines is 1. The van der Waals surface area contributed by atoms with Crippen molar-refractivity contribution >= 4 is 46.4 Å². The Morgan fingerprint density at radius 1 is 1.16 bits per heavy atom. The van der Waals surface area contributed by atoms with Gasteiger partial charge in [-0.25, -0.2) is 9.67 Å². The summed E-state index contributed by atoms with van der Waals surface area (Å²) in [4.78, 5) is 16.6. The molecule has 2 aromatic heterocycles. The lowest BCUT2D eigenvalue weighted by atomic mass is 10.1. The minimum absolute atomic E-state index is 0.0291. The van der Waals surface area contributed by atoms with Gasteiger partial charge in [0, 0.05) is 17.3 Å². The molecule has 0 bridgehead atoms. The lowest BCUT2D eigenvalue weighted by Crippen LogP contribution is -2.30. The van der Waals surface area contributed by atoms with E-state index in [1.54, 1.807) is 19.9 Å². The molecule has 3 rings (SSSR count). The zero-order valence-corrected chi connectivity index (χ0v) is 19.0. The van der Waals surface area contributed by atoms with Crippen molar-refractivity contribution in [2.24, 2.45) is 0 Å². The number of carbonyl (C=O) groups excluding carboxylic acids is 1. The number of hydrogen-bond acceptors (Lipinski definition) is 4. The molecule has 0 radical (unpaired) electrons. The number of nitrogens with zero attached hydrogens (tertiary/aromatic N) is 3. The molecule has 0 atom stereocenters. The Hall–Kier alpha value is -2.49. The van der Waals surface area contributed by atoms with Gasteiger partial charge in [-0.05, 0) is 44.2 Å². The quantitative estimate of drug-likeness (QED) is 0.430. The van der Waals surface area contributed by atoms with Gasteiger partial charge in [-0.1, -0.05) is 34.8 Å². The third-order valence-corrected chi connectivity index (χ3v) is 4.99. The Morgan fingerprint density at radius 3 is 2.50 bits per heavy atom. The first-order valence-corrected chi connectivity index (χ1v) is 10.4. The number of halogens is 6. The van der Waals surface area contributed by atoms with Crippen molar-refractivity contribution in [3.8, 4) is 5.82 Å². The summed E-state index contributed by atoms with van der Waals surface area (Å²) in [5.74, 6) is -0.411. The standard InChI is InChI=1S/C20H17Cl3F3N5O/c1-10(2)29-19(32)13-6-11(21)7-15(23)17(13)28-9-12-8-16(20(24,25)26)30-31(12)18-14(22)4-3-5-27-18/h3-8,10,28H,9H2,1-2H3,(H,29,32). The van der Waals surface area contributed by atoms with E-state index in [2.05, 4.69) is 20.7 Å². The van der Waals surface area contributed by atoms with E-state index < -0.39 is 17.8 Å². The van der Waals surface area contributed by atoms with Crippen LogP contribution in [-0.2, 0) is 12.7 Å². The number of nitrogens with one attached hydrogen (secondary N) is 2. The van der Waals surface area contributed by atoms with Crippen LogP contribution in [0.25, 0.3) is 5.82 Å². The zero-order chi connectivity index (χ0) is 23.6. The number of pyridine rings is 1. The average Bonchev–Trinajstić information content (AvgIpc) is 3.11. The SMILES string of the molecule is CC(C)NC(=O)c1cc(Cl)cc(Cl)c1NCc1cc(C(F)(F)F)nn1-c1ncccc1Cl. The van der Waals surface area contributed by atoms with Crippen molar-refractivity contribution in [3.05, 3.63) is 68.5 Å². The van der Waals surface area contributed by atoms with Crippen molar-refractivity contribution in [2.75, 3.05) is 5.32 Å². The molecule has 0 unspecified atom stereocenters. The summed E-state index contributed by atoms with van der Waals surface area (Å²) >= 11 is 18.4. The lowest BCUT2D eigenvalue weighted by molar-refractivity contribution is -0.141. The fourth-order valence-corrected chi connectivity index (χ4v) is 3.61. The minimum atomic E-state index is -4.68. The normalized spacial score (nSPS) is 11.7. The maximum Gasteiger partial charge on any atom is 0.435 e.